The van der Waals surface area contributed by atoms with Crippen molar-refractivity contribution in [2.75, 3.05) is 5.73 Å². The zero-order chi connectivity index (χ0) is 13.0. The molecule has 1 aromatic rings. The Morgan fingerprint density at radius 2 is 2.17 bits per heavy atom. The zero-order valence-electron chi connectivity index (χ0n) is 11.4. The summed E-state index contributed by atoms with van der Waals surface area (Å²) in [5.74, 6) is 2.18. The van der Waals surface area contributed by atoms with Gasteiger partial charge in [-0.3, -0.25) is 0 Å². The summed E-state index contributed by atoms with van der Waals surface area (Å²) in [4.78, 5) is 4.01. The summed E-state index contributed by atoms with van der Waals surface area (Å²) in [6.45, 7) is 7.18. The van der Waals surface area contributed by atoms with E-state index >= 15 is 0 Å². The maximum Gasteiger partial charge on any atom is 0.126 e. The van der Waals surface area contributed by atoms with E-state index in [1.807, 2.05) is 12.1 Å². The lowest BCUT2D eigenvalue weighted by Gasteiger charge is -2.38. The Morgan fingerprint density at radius 1 is 1.39 bits per heavy atom. The van der Waals surface area contributed by atoms with Gasteiger partial charge in [-0.15, -0.1) is 0 Å². The van der Waals surface area contributed by atoms with Crippen molar-refractivity contribution < 1.29 is 4.74 Å². The molecule has 3 unspecified atom stereocenters. The first-order valence-electron chi connectivity index (χ1n) is 6.82. The Kier molecular flexibility index (Phi) is 2.38. The summed E-state index contributed by atoms with van der Waals surface area (Å²) >= 11 is 0. The lowest BCUT2D eigenvalue weighted by molar-refractivity contribution is 0.0302. The van der Waals surface area contributed by atoms with Gasteiger partial charge in [0.15, 0.2) is 0 Å². The van der Waals surface area contributed by atoms with E-state index in [9.17, 15) is 0 Å². The van der Waals surface area contributed by atoms with Crippen LogP contribution in [-0.4, -0.2) is 11.1 Å². The van der Waals surface area contributed by atoms with Crippen LogP contribution in [0.1, 0.15) is 40.0 Å². The highest BCUT2D eigenvalue weighted by Crippen LogP contribution is 2.66. The third-order valence-electron chi connectivity index (χ3n) is 5.74. The first-order valence-corrected chi connectivity index (χ1v) is 6.82. The second-order valence-corrected chi connectivity index (χ2v) is 6.63. The molecule has 18 heavy (non-hydrogen) atoms. The number of aromatic nitrogens is 1. The summed E-state index contributed by atoms with van der Waals surface area (Å²) in [5, 5.41) is 0. The number of rotatable bonds is 2. The minimum atomic E-state index is 0.287. The van der Waals surface area contributed by atoms with Crippen molar-refractivity contribution in [2.45, 2.75) is 46.1 Å². The van der Waals surface area contributed by atoms with Crippen LogP contribution in [0, 0.1) is 16.7 Å². The molecule has 3 rings (SSSR count). The van der Waals surface area contributed by atoms with Crippen LogP contribution in [0.3, 0.4) is 0 Å². The summed E-state index contributed by atoms with van der Waals surface area (Å²) in [6, 6.07) is 3.72. The van der Waals surface area contributed by atoms with Crippen molar-refractivity contribution in [3.8, 4) is 5.75 Å². The number of hydrogen-bond acceptors (Lipinski definition) is 3. The van der Waals surface area contributed by atoms with Crippen molar-refractivity contribution in [3.05, 3.63) is 18.3 Å². The van der Waals surface area contributed by atoms with Crippen LogP contribution in [0.5, 0.6) is 5.75 Å². The predicted octanol–water partition coefficient (Wildman–Crippen LogP) is 3.26. The zero-order valence-corrected chi connectivity index (χ0v) is 11.4. The average molecular weight is 246 g/mol. The van der Waals surface area contributed by atoms with Gasteiger partial charge in [0.1, 0.15) is 17.7 Å². The van der Waals surface area contributed by atoms with Crippen LogP contribution in [0.4, 0.5) is 5.82 Å². The molecule has 0 aliphatic heterocycles. The monoisotopic (exact) mass is 246 g/mol. The van der Waals surface area contributed by atoms with Crippen molar-refractivity contribution in [1.82, 2.24) is 4.98 Å². The van der Waals surface area contributed by atoms with Gasteiger partial charge in [0, 0.05) is 17.7 Å². The molecule has 0 aromatic carbocycles. The van der Waals surface area contributed by atoms with Crippen LogP contribution >= 0.6 is 0 Å². The summed E-state index contributed by atoms with van der Waals surface area (Å²) in [7, 11) is 0. The number of fused-ring (bicyclic) bond motifs is 2. The van der Waals surface area contributed by atoms with E-state index in [0.717, 1.165) is 11.7 Å². The van der Waals surface area contributed by atoms with Gasteiger partial charge in [0.05, 0.1) is 0 Å². The van der Waals surface area contributed by atoms with Gasteiger partial charge in [-0.05, 0) is 36.7 Å². The fraction of sp³-hybridized carbons (Fsp3) is 0.667. The molecule has 3 atom stereocenters. The molecule has 2 bridgehead atoms. The highest BCUT2D eigenvalue weighted by atomic mass is 16.5. The van der Waals surface area contributed by atoms with Crippen LogP contribution in [-0.2, 0) is 0 Å². The molecule has 2 aliphatic carbocycles. The number of hydrogen-bond donors (Lipinski definition) is 1. The molecule has 3 heteroatoms. The Balaban J connectivity index is 1.84. The number of nitrogens with two attached hydrogens (primary N) is 1. The molecule has 0 radical (unpaired) electrons. The summed E-state index contributed by atoms with van der Waals surface area (Å²) in [5.41, 5.74) is 6.38. The predicted molar refractivity (Wildman–Crippen MR) is 72.3 cm³/mol. The highest BCUT2D eigenvalue weighted by Gasteiger charge is 2.62. The summed E-state index contributed by atoms with van der Waals surface area (Å²) < 4.78 is 6.21. The SMILES string of the molecule is CC1(C)C2CCC1(C)C(Oc1ccnc(N)c1)C2. The largest absolute Gasteiger partial charge is 0.490 e. The van der Waals surface area contributed by atoms with E-state index in [4.69, 9.17) is 10.5 Å². The van der Waals surface area contributed by atoms with Gasteiger partial charge in [0.25, 0.3) is 0 Å². The minimum Gasteiger partial charge on any atom is -0.490 e. The lowest BCUT2D eigenvalue weighted by Crippen LogP contribution is -2.38. The van der Waals surface area contributed by atoms with Crippen molar-refractivity contribution in [2.24, 2.45) is 16.7 Å². The van der Waals surface area contributed by atoms with Crippen molar-refractivity contribution in [3.63, 3.8) is 0 Å². The van der Waals surface area contributed by atoms with Gasteiger partial charge in [0.2, 0.25) is 0 Å². The number of nitrogens with zero attached hydrogens (tertiary/aromatic N) is 1. The minimum absolute atomic E-state index is 0.287. The van der Waals surface area contributed by atoms with E-state index in [1.165, 1.54) is 19.3 Å². The molecule has 2 aliphatic rings. The van der Waals surface area contributed by atoms with E-state index in [2.05, 4.69) is 25.8 Å². The molecule has 0 amide bonds. The normalized spacial score (nSPS) is 36.8. The molecule has 2 saturated carbocycles. The fourth-order valence-corrected chi connectivity index (χ4v) is 3.97. The topological polar surface area (TPSA) is 48.1 Å². The molecule has 1 heterocycles. The summed E-state index contributed by atoms with van der Waals surface area (Å²) in [6.07, 6.45) is 5.82. The van der Waals surface area contributed by atoms with Crippen LogP contribution in [0.2, 0.25) is 0 Å². The van der Waals surface area contributed by atoms with Gasteiger partial charge < -0.3 is 10.5 Å². The Morgan fingerprint density at radius 3 is 2.72 bits per heavy atom. The maximum absolute atomic E-state index is 6.21. The molecule has 2 fully saturated rings. The van der Waals surface area contributed by atoms with Gasteiger partial charge in [-0.2, -0.15) is 0 Å². The number of anilines is 1. The Hall–Kier alpha value is -1.25. The first-order chi connectivity index (χ1) is 8.43. The van der Waals surface area contributed by atoms with Crippen molar-refractivity contribution in [1.29, 1.82) is 0 Å². The molecule has 2 N–H and O–H groups in total. The maximum atomic E-state index is 6.21. The first kappa shape index (κ1) is 11.8. The van der Waals surface area contributed by atoms with Crippen LogP contribution in [0.15, 0.2) is 18.3 Å². The second kappa shape index (κ2) is 3.62. The Labute approximate surface area is 109 Å². The van der Waals surface area contributed by atoms with Gasteiger partial charge >= 0.3 is 0 Å². The quantitative estimate of drug-likeness (QED) is 0.871. The van der Waals surface area contributed by atoms with E-state index in [0.29, 0.717) is 17.3 Å². The van der Waals surface area contributed by atoms with Gasteiger partial charge in [-0.25, -0.2) is 4.98 Å². The fourth-order valence-electron chi connectivity index (χ4n) is 3.97. The van der Waals surface area contributed by atoms with Crippen molar-refractivity contribution >= 4 is 5.82 Å². The number of ether oxygens (including phenoxy) is 1. The van der Waals surface area contributed by atoms with E-state index in [-0.39, 0.29) is 5.41 Å². The third kappa shape index (κ3) is 1.46. The third-order valence-corrected chi connectivity index (χ3v) is 5.74. The van der Waals surface area contributed by atoms with E-state index in [1.54, 1.807) is 6.20 Å². The Bertz CT molecular complexity index is 471. The lowest BCUT2D eigenvalue weighted by atomic mass is 9.70. The molecular formula is C15H22N2O. The number of pyridine rings is 1. The second-order valence-electron chi connectivity index (χ2n) is 6.63. The van der Waals surface area contributed by atoms with Gasteiger partial charge in [-0.1, -0.05) is 20.8 Å². The highest BCUT2D eigenvalue weighted by molar-refractivity contribution is 5.36. The van der Waals surface area contributed by atoms with Crippen LogP contribution in [0.25, 0.3) is 0 Å². The molecule has 98 valence electrons. The standard InChI is InChI=1S/C15H22N2O/c1-14(2)10-4-6-15(14,3)12(8-10)18-11-5-7-17-13(16)9-11/h5,7,9-10,12H,4,6,8H2,1-3H3,(H2,16,17). The molecule has 0 saturated heterocycles. The van der Waals surface area contributed by atoms with E-state index < -0.39 is 0 Å². The van der Waals surface area contributed by atoms with Crippen LogP contribution < -0.4 is 10.5 Å². The number of nitrogen functional groups attached to an aromatic ring is 1. The molecule has 3 nitrogen and oxygen atoms in total. The average Bonchev–Trinajstić information content (AvgIpc) is 2.62. The molecular weight excluding hydrogens is 224 g/mol. The smallest absolute Gasteiger partial charge is 0.126 e. The molecule has 0 spiro atoms. The molecule has 1 aromatic heterocycles.